The number of carbonyl (C=O) groups excluding carboxylic acids is 1. The molecule has 3 rings (SSSR count). The number of nitrogens with zero attached hydrogens (tertiary/aromatic N) is 2. The van der Waals surface area contributed by atoms with Crippen LogP contribution in [0.25, 0.3) is 0 Å². The Balaban J connectivity index is 0.00000280. The Labute approximate surface area is 169 Å². The maximum atomic E-state index is 12.1. The van der Waals surface area contributed by atoms with E-state index in [1.165, 1.54) is 12.1 Å². The molecule has 0 saturated carbocycles. The van der Waals surface area contributed by atoms with E-state index in [2.05, 4.69) is 5.32 Å². The van der Waals surface area contributed by atoms with E-state index in [-0.39, 0.29) is 30.5 Å². The van der Waals surface area contributed by atoms with Gasteiger partial charge in [0.15, 0.2) is 12.4 Å². The van der Waals surface area contributed by atoms with Crippen molar-refractivity contribution in [2.75, 3.05) is 5.32 Å². The van der Waals surface area contributed by atoms with Gasteiger partial charge in [-0.25, -0.2) is 0 Å². The monoisotopic (exact) mass is 397 g/mol. The lowest BCUT2D eigenvalue weighted by Gasteiger charge is -2.04. The number of halogens is 1. The number of rotatable bonds is 6. The third-order valence-corrected chi connectivity index (χ3v) is 4.18. The van der Waals surface area contributed by atoms with E-state index in [9.17, 15) is 14.9 Å². The zero-order valence-electron chi connectivity index (χ0n) is 15.3. The van der Waals surface area contributed by atoms with Crippen LogP contribution in [-0.4, -0.2) is 10.8 Å². The lowest BCUT2D eigenvalue weighted by molar-refractivity contribution is -0.684. The molecule has 1 aromatic heterocycles. The fourth-order valence-corrected chi connectivity index (χ4v) is 2.69. The number of aryl methyl sites for hydroxylation is 1. The third kappa shape index (κ3) is 5.89. The van der Waals surface area contributed by atoms with Crippen LogP contribution in [0.3, 0.4) is 0 Å². The van der Waals surface area contributed by atoms with E-state index in [4.69, 9.17) is 0 Å². The lowest BCUT2D eigenvalue weighted by atomic mass is 10.1. The molecule has 3 aromatic rings. The van der Waals surface area contributed by atoms with Gasteiger partial charge in [-0.15, -0.1) is 0 Å². The zero-order chi connectivity index (χ0) is 19.2. The minimum Gasteiger partial charge on any atom is -1.00 e. The standard InChI is InChI=1S/C21H19N3O3.ClH/c1-16-2-6-19(7-3-16)22-21(25)15-23-12-10-18(11-13-23)14-17-4-8-20(9-5-17)24(26)27;/h2-13H,14-15H2,1H3;1H. The Morgan fingerprint density at radius 3 is 2.11 bits per heavy atom. The van der Waals surface area contributed by atoms with Crippen LogP contribution >= 0.6 is 0 Å². The smallest absolute Gasteiger partial charge is 0.290 e. The molecule has 0 unspecified atom stereocenters. The first kappa shape index (κ1) is 21.1. The van der Waals surface area contributed by atoms with Gasteiger partial charge >= 0.3 is 0 Å². The van der Waals surface area contributed by atoms with Crippen LogP contribution in [0.1, 0.15) is 16.7 Å². The Kier molecular flexibility index (Phi) is 7.23. The Morgan fingerprint density at radius 1 is 0.964 bits per heavy atom. The summed E-state index contributed by atoms with van der Waals surface area (Å²) < 4.78 is 1.81. The second kappa shape index (κ2) is 9.62. The van der Waals surface area contributed by atoms with Gasteiger partial charge in [0.25, 0.3) is 11.6 Å². The number of benzene rings is 2. The van der Waals surface area contributed by atoms with E-state index in [0.29, 0.717) is 6.42 Å². The SMILES string of the molecule is Cc1ccc(NC(=O)C[n+]2ccc(Cc3ccc([N+](=O)[O-])cc3)cc2)cc1.[Cl-]. The lowest BCUT2D eigenvalue weighted by Crippen LogP contribution is -3.00. The average Bonchev–Trinajstić information content (AvgIpc) is 2.66. The van der Waals surface area contributed by atoms with Crippen LogP contribution in [0, 0.1) is 17.0 Å². The minimum absolute atomic E-state index is 0. The average molecular weight is 398 g/mol. The Hall–Kier alpha value is -3.25. The first-order chi connectivity index (χ1) is 13.0. The summed E-state index contributed by atoms with van der Waals surface area (Å²) in [5, 5.41) is 13.6. The molecule has 0 bridgehead atoms. The summed E-state index contributed by atoms with van der Waals surface area (Å²) in [6, 6.07) is 18.1. The van der Waals surface area contributed by atoms with Crippen molar-refractivity contribution in [3.63, 3.8) is 0 Å². The van der Waals surface area contributed by atoms with Crippen molar-refractivity contribution in [1.82, 2.24) is 0 Å². The van der Waals surface area contributed by atoms with E-state index >= 15 is 0 Å². The molecule has 1 amide bonds. The van der Waals surface area contributed by atoms with Gasteiger partial charge in [0.05, 0.1) is 4.92 Å². The van der Waals surface area contributed by atoms with Gasteiger partial charge in [0.1, 0.15) is 0 Å². The van der Waals surface area contributed by atoms with Gasteiger partial charge in [0, 0.05) is 30.0 Å². The molecular weight excluding hydrogens is 378 g/mol. The number of hydrogen-bond donors (Lipinski definition) is 1. The van der Waals surface area contributed by atoms with Crippen molar-refractivity contribution in [1.29, 1.82) is 0 Å². The van der Waals surface area contributed by atoms with Crippen molar-refractivity contribution in [2.24, 2.45) is 0 Å². The topological polar surface area (TPSA) is 76.1 Å². The van der Waals surface area contributed by atoms with Crippen LogP contribution in [0.5, 0.6) is 0 Å². The molecule has 0 fully saturated rings. The minimum atomic E-state index is -0.406. The predicted molar refractivity (Wildman–Crippen MR) is 102 cm³/mol. The van der Waals surface area contributed by atoms with Crippen LogP contribution in [0.15, 0.2) is 73.1 Å². The number of amides is 1. The maximum Gasteiger partial charge on any atom is 0.290 e. The molecule has 0 aliphatic heterocycles. The molecule has 0 aliphatic rings. The van der Waals surface area contributed by atoms with Gasteiger partial charge in [-0.05, 0) is 36.6 Å². The fourth-order valence-electron chi connectivity index (χ4n) is 2.69. The highest BCUT2D eigenvalue weighted by Crippen LogP contribution is 2.14. The van der Waals surface area contributed by atoms with Crippen molar-refractivity contribution in [3.05, 3.63) is 99.9 Å². The van der Waals surface area contributed by atoms with Crippen LogP contribution < -0.4 is 22.3 Å². The molecule has 0 saturated heterocycles. The molecule has 6 nitrogen and oxygen atoms in total. The summed E-state index contributed by atoms with van der Waals surface area (Å²) in [5.74, 6) is -0.0908. The maximum absolute atomic E-state index is 12.1. The van der Waals surface area contributed by atoms with Gasteiger partial charge in [-0.3, -0.25) is 14.9 Å². The number of nitro groups is 1. The number of pyridine rings is 1. The van der Waals surface area contributed by atoms with Crippen molar-refractivity contribution in [3.8, 4) is 0 Å². The molecule has 0 radical (unpaired) electrons. The highest BCUT2D eigenvalue weighted by atomic mass is 35.5. The predicted octanol–water partition coefficient (Wildman–Crippen LogP) is 0.424. The summed E-state index contributed by atoms with van der Waals surface area (Å²) in [5.41, 5.74) is 4.07. The third-order valence-electron chi connectivity index (χ3n) is 4.18. The van der Waals surface area contributed by atoms with E-state index < -0.39 is 4.92 Å². The van der Waals surface area contributed by atoms with Gasteiger partial charge in [0.2, 0.25) is 6.54 Å². The number of nitrogens with one attached hydrogen (secondary N) is 1. The molecular formula is C21H20ClN3O3. The van der Waals surface area contributed by atoms with Crippen LogP contribution in [0.2, 0.25) is 0 Å². The molecule has 28 heavy (non-hydrogen) atoms. The number of anilines is 1. The van der Waals surface area contributed by atoms with Crippen LogP contribution in [0.4, 0.5) is 11.4 Å². The quantitative estimate of drug-likeness (QED) is 0.372. The van der Waals surface area contributed by atoms with Crippen molar-refractivity contribution < 1.29 is 26.7 Å². The second-order valence-electron chi connectivity index (χ2n) is 6.39. The summed E-state index contributed by atoms with van der Waals surface area (Å²) in [6.07, 6.45) is 4.39. The van der Waals surface area contributed by atoms with Gasteiger partial charge in [-0.1, -0.05) is 29.8 Å². The van der Waals surface area contributed by atoms with Crippen molar-refractivity contribution >= 4 is 17.3 Å². The number of non-ortho nitro benzene ring substituents is 1. The normalized spacial score (nSPS) is 10.0. The summed E-state index contributed by atoms with van der Waals surface area (Å²) in [4.78, 5) is 22.4. The first-order valence-electron chi connectivity index (χ1n) is 8.57. The molecule has 1 N–H and O–H groups in total. The molecule has 0 atom stereocenters. The number of nitro benzene ring substituents is 1. The Bertz CT molecular complexity index is 940. The molecule has 0 aliphatic carbocycles. The van der Waals surface area contributed by atoms with E-state index in [1.54, 1.807) is 12.1 Å². The highest BCUT2D eigenvalue weighted by Gasteiger charge is 2.10. The van der Waals surface area contributed by atoms with Gasteiger partial charge < -0.3 is 17.7 Å². The fraction of sp³-hybridized carbons (Fsp3) is 0.143. The van der Waals surface area contributed by atoms with E-state index in [0.717, 1.165) is 22.4 Å². The number of carbonyl (C=O) groups is 1. The molecule has 1 heterocycles. The first-order valence-corrected chi connectivity index (χ1v) is 8.57. The molecule has 144 valence electrons. The van der Waals surface area contributed by atoms with E-state index in [1.807, 2.05) is 60.3 Å². The summed E-state index contributed by atoms with van der Waals surface area (Å²) in [7, 11) is 0. The summed E-state index contributed by atoms with van der Waals surface area (Å²) >= 11 is 0. The largest absolute Gasteiger partial charge is 1.00 e. The second-order valence-corrected chi connectivity index (χ2v) is 6.39. The molecule has 0 spiro atoms. The van der Waals surface area contributed by atoms with Crippen molar-refractivity contribution in [2.45, 2.75) is 19.9 Å². The number of hydrogen-bond acceptors (Lipinski definition) is 3. The number of aromatic nitrogens is 1. The van der Waals surface area contributed by atoms with Crippen LogP contribution in [-0.2, 0) is 17.8 Å². The molecule has 7 heteroatoms. The summed E-state index contributed by atoms with van der Waals surface area (Å²) in [6.45, 7) is 2.23. The zero-order valence-corrected chi connectivity index (χ0v) is 16.1. The van der Waals surface area contributed by atoms with Gasteiger partial charge in [-0.2, -0.15) is 4.57 Å². The highest BCUT2D eigenvalue weighted by molar-refractivity contribution is 5.89. The Morgan fingerprint density at radius 2 is 1.54 bits per heavy atom. The molecule has 2 aromatic carbocycles.